The van der Waals surface area contributed by atoms with Gasteiger partial charge in [0.2, 0.25) is 0 Å². The Morgan fingerprint density at radius 2 is 1.40 bits per heavy atom. The van der Waals surface area contributed by atoms with Crippen molar-refractivity contribution in [3.63, 3.8) is 0 Å². The topological polar surface area (TPSA) is 73.3 Å². The first-order valence-corrected chi connectivity index (χ1v) is 9.79. The maximum Gasteiger partial charge on any atom is 0.328 e. The fraction of sp³-hybridized carbons (Fsp3) is 0.304. The summed E-state index contributed by atoms with van der Waals surface area (Å²) >= 11 is 0. The van der Waals surface area contributed by atoms with Gasteiger partial charge in [0.05, 0.1) is 37.9 Å². The molecule has 0 radical (unpaired) electrons. The summed E-state index contributed by atoms with van der Waals surface area (Å²) in [6.45, 7) is 0.852. The standard InChI is InChI=1S/C23H23FN2O4/c24-20-21(26-12-11-19(27)25-22(26)28)23(20,15-29-13-17-7-3-1-4-8-17)16-30-14-18-9-5-2-6-10-18/h1-12,20-21H,13-16H2,(H,25,27,28). The maximum atomic E-state index is 15.1. The number of hydrogen-bond acceptors (Lipinski definition) is 4. The third kappa shape index (κ3) is 4.27. The van der Waals surface area contributed by atoms with Crippen molar-refractivity contribution >= 4 is 0 Å². The normalized spacial score (nSPS) is 19.5. The lowest BCUT2D eigenvalue weighted by molar-refractivity contribution is 0.00118. The highest BCUT2D eigenvalue weighted by molar-refractivity contribution is 5.18. The molecule has 7 heteroatoms. The van der Waals surface area contributed by atoms with Gasteiger partial charge in [-0.1, -0.05) is 60.7 Å². The number of aromatic nitrogens is 2. The van der Waals surface area contributed by atoms with Crippen LogP contribution in [0, 0.1) is 5.41 Å². The third-order valence-electron chi connectivity index (χ3n) is 5.42. The Kier molecular flexibility index (Phi) is 5.92. The lowest BCUT2D eigenvalue weighted by Crippen LogP contribution is -2.31. The SMILES string of the molecule is O=c1ccn(C2C(F)C2(COCc2ccccc2)COCc2ccccc2)c(=O)[nH]1. The Hall–Kier alpha value is -3.03. The molecule has 156 valence electrons. The molecule has 0 aliphatic heterocycles. The summed E-state index contributed by atoms with van der Waals surface area (Å²) in [6.07, 6.45) is 0.00168. The minimum Gasteiger partial charge on any atom is -0.376 e. The van der Waals surface area contributed by atoms with E-state index in [9.17, 15) is 9.59 Å². The van der Waals surface area contributed by atoms with Crippen LogP contribution in [-0.2, 0) is 22.7 Å². The first-order valence-electron chi connectivity index (χ1n) is 9.79. The molecule has 1 saturated carbocycles. The number of nitrogens with zero attached hydrogens (tertiary/aromatic N) is 1. The zero-order chi connectivity index (χ0) is 21.0. The minimum absolute atomic E-state index is 0.0914. The lowest BCUT2D eigenvalue weighted by atomic mass is 10.1. The van der Waals surface area contributed by atoms with Crippen LogP contribution in [0.25, 0.3) is 0 Å². The van der Waals surface area contributed by atoms with Crippen molar-refractivity contribution in [1.82, 2.24) is 9.55 Å². The zero-order valence-electron chi connectivity index (χ0n) is 16.4. The molecule has 1 fully saturated rings. The van der Waals surface area contributed by atoms with Gasteiger partial charge in [-0.3, -0.25) is 14.3 Å². The fourth-order valence-corrected chi connectivity index (χ4v) is 3.72. The predicted octanol–water partition coefficient (Wildman–Crippen LogP) is 2.85. The highest BCUT2D eigenvalue weighted by Crippen LogP contribution is 2.58. The highest BCUT2D eigenvalue weighted by atomic mass is 19.1. The van der Waals surface area contributed by atoms with E-state index in [1.54, 1.807) is 0 Å². The smallest absolute Gasteiger partial charge is 0.328 e. The van der Waals surface area contributed by atoms with Crippen LogP contribution in [0.1, 0.15) is 17.2 Å². The molecular weight excluding hydrogens is 387 g/mol. The average molecular weight is 410 g/mol. The Morgan fingerprint density at radius 1 is 0.867 bits per heavy atom. The Morgan fingerprint density at radius 3 is 1.90 bits per heavy atom. The van der Waals surface area contributed by atoms with E-state index in [-0.39, 0.29) is 13.2 Å². The van der Waals surface area contributed by atoms with Gasteiger partial charge in [-0.25, -0.2) is 9.18 Å². The van der Waals surface area contributed by atoms with Gasteiger partial charge in [0, 0.05) is 12.3 Å². The number of rotatable bonds is 9. The number of ether oxygens (including phenoxy) is 2. The van der Waals surface area contributed by atoms with Crippen molar-refractivity contribution in [2.24, 2.45) is 5.41 Å². The largest absolute Gasteiger partial charge is 0.376 e. The van der Waals surface area contributed by atoms with Gasteiger partial charge in [0.25, 0.3) is 5.56 Å². The quantitative estimate of drug-likeness (QED) is 0.589. The van der Waals surface area contributed by atoms with Crippen molar-refractivity contribution in [2.75, 3.05) is 13.2 Å². The number of aromatic amines is 1. The van der Waals surface area contributed by atoms with Gasteiger partial charge in [0.15, 0.2) is 0 Å². The summed E-state index contributed by atoms with van der Waals surface area (Å²) in [6, 6.07) is 19.7. The molecule has 2 atom stereocenters. The fourth-order valence-electron chi connectivity index (χ4n) is 3.72. The molecule has 0 amide bonds. The van der Waals surface area contributed by atoms with E-state index in [0.29, 0.717) is 13.2 Å². The molecule has 0 saturated heterocycles. The number of alkyl halides is 1. The summed E-state index contributed by atoms with van der Waals surface area (Å²) in [7, 11) is 0. The van der Waals surface area contributed by atoms with Crippen LogP contribution in [0.15, 0.2) is 82.5 Å². The lowest BCUT2D eigenvalue weighted by Gasteiger charge is -2.18. The molecule has 1 aromatic heterocycles. The molecule has 3 aromatic rings. The number of nitrogens with one attached hydrogen (secondary N) is 1. The second-order valence-electron chi connectivity index (χ2n) is 7.55. The van der Waals surface area contributed by atoms with Gasteiger partial charge in [0.1, 0.15) is 6.17 Å². The van der Waals surface area contributed by atoms with Gasteiger partial charge >= 0.3 is 5.69 Å². The van der Waals surface area contributed by atoms with Crippen LogP contribution >= 0.6 is 0 Å². The summed E-state index contributed by atoms with van der Waals surface area (Å²) in [5.41, 5.74) is -0.189. The van der Waals surface area contributed by atoms with E-state index < -0.39 is 28.9 Å². The maximum absolute atomic E-state index is 15.1. The van der Waals surface area contributed by atoms with Crippen molar-refractivity contribution in [3.8, 4) is 0 Å². The van der Waals surface area contributed by atoms with E-state index >= 15 is 4.39 Å². The van der Waals surface area contributed by atoms with E-state index in [2.05, 4.69) is 4.98 Å². The summed E-state index contributed by atoms with van der Waals surface area (Å²) in [5, 5.41) is 0. The summed E-state index contributed by atoms with van der Waals surface area (Å²) < 4.78 is 28.0. The molecule has 0 bridgehead atoms. The van der Waals surface area contributed by atoms with Gasteiger partial charge < -0.3 is 9.47 Å². The average Bonchev–Trinajstić information content (AvgIpc) is 3.32. The molecule has 1 aliphatic rings. The Bertz CT molecular complexity index is 1040. The number of hydrogen-bond donors (Lipinski definition) is 1. The molecule has 0 spiro atoms. The van der Waals surface area contributed by atoms with Crippen molar-refractivity contribution in [3.05, 3.63) is 105 Å². The van der Waals surface area contributed by atoms with E-state index in [1.165, 1.54) is 16.8 Å². The first kappa shape index (κ1) is 20.3. The van der Waals surface area contributed by atoms with Crippen LogP contribution in [0.4, 0.5) is 4.39 Å². The molecule has 1 aliphatic carbocycles. The van der Waals surface area contributed by atoms with Gasteiger partial charge in [-0.05, 0) is 11.1 Å². The monoisotopic (exact) mass is 410 g/mol. The molecular formula is C23H23FN2O4. The number of H-pyrrole nitrogens is 1. The Balaban J connectivity index is 1.49. The molecule has 2 unspecified atom stereocenters. The highest BCUT2D eigenvalue weighted by Gasteiger charge is 2.68. The zero-order valence-corrected chi connectivity index (χ0v) is 16.4. The molecule has 2 aromatic carbocycles. The van der Waals surface area contributed by atoms with Crippen LogP contribution in [0.3, 0.4) is 0 Å². The van der Waals surface area contributed by atoms with E-state index in [1.807, 2.05) is 60.7 Å². The predicted molar refractivity (Wildman–Crippen MR) is 110 cm³/mol. The molecule has 1 heterocycles. The van der Waals surface area contributed by atoms with Crippen LogP contribution in [-0.4, -0.2) is 28.9 Å². The number of benzene rings is 2. The summed E-state index contributed by atoms with van der Waals surface area (Å²) in [4.78, 5) is 25.8. The number of halogens is 1. The first-order chi connectivity index (χ1) is 14.6. The molecule has 6 nitrogen and oxygen atoms in total. The summed E-state index contributed by atoms with van der Waals surface area (Å²) in [5.74, 6) is 0. The van der Waals surface area contributed by atoms with E-state index in [4.69, 9.17) is 9.47 Å². The molecule has 30 heavy (non-hydrogen) atoms. The molecule has 4 rings (SSSR count). The second kappa shape index (κ2) is 8.77. The van der Waals surface area contributed by atoms with Crippen LogP contribution in [0.2, 0.25) is 0 Å². The van der Waals surface area contributed by atoms with Crippen molar-refractivity contribution < 1.29 is 13.9 Å². The Labute approximate surface area is 172 Å². The van der Waals surface area contributed by atoms with Crippen molar-refractivity contribution in [1.29, 1.82) is 0 Å². The minimum atomic E-state index is -1.33. The van der Waals surface area contributed by atoms with Gasteiger partial charge in [-0.15, -0.1) is 0 Å². The van der Waals surface area contributed by atoms with Gasteiger partial charge in [-0.2, -0.15) is 0 Å². The van der Waals surface area contributed by atoms with Crippen LogP contribution in [0.5, 0.6) is 0 Å². The second-order valence-corrected chi connectivity index (χ2v) is 7.55. The van der Waals surface area contributed by atoms with E-state index in [0.717, 1.165) is 11.1 Å². The molecule has 1 N–H and O–H groups in total. The van der Waals surface area contributed by atoms with Crippen molar-refractivity contribution in [2.45, 2.75) is 25.4 Å². The third-order valence-corrected chi connectivity index (χ3v) is 5.42. The van der Waals surface area contributed by atoms with Crippen LogP contribution < -0.4 is 11.2 Å².